The Bertz CT molecular complexity index is 1080. The van der Waals surface area contributed by atoms with Crippen molar-refractivity contribution in [1.29, 1.82) is 0 Å². The molecule has 2 N–H and O–H groups in total. The molecule has 0 saturated heterocycles. The molecule has 30 heavy (non-hydrogen) atoms. The van der Waals surface area contributed by atoms with E-state index in [9.17, 15) is 18.4 Å². The third kappa shape index (κ3) is 5.55. The normalized spacial score (nSPS) is 10.7. The number of nitrogens with zero attached hydrogens (tertiary/aromatic N) is 3. The van der Waals surface area contributed by atoms with Crippen molar-refractivity contribution in [3.8, 4) is 0 Å². The number of carbonyl (C=O) groups is 2. The SMILES string of the molecule is Cn1c(CNC(=O)c2ccc(F)cc2)nnc1SCC(=O)Nc1ccc(F)c(Cl)c1. The molecule has 7 nitrogen and oxygen atoms in total. The van der Waals surface area contributed by atoms with Crippen LogP contribution in [0.5, 0.6) is 0 Å². The fourth-order valence-corrected chi connectivity index (χ4v) is 3.30. The van der Waals surface area contributed by atoms with Crippen LogP contribution in [0.15, 0.2) is 47.6 Å². The molecule has 3 rings (SSSR count). The summed E-state index contributed by atoms with van der Waals surface area (Å²) in [7, 11) is 1.71. The van der Waals surface area contributed by atoms with E-state index in [2.05, 4.69) is 20.8 Å². The maximum Gasteiger partial charge on any atom is 0.251 e. The summed E-state index contributed by atoms with van der Waals surface area (Å²) >= 11 is 6.84. The van der Waals surface area contributed by atoms with Crippen LogP contribution in [0.1, 0.15) is 16.2 Å². The molecule has 0 atom stereocenters. The monoisotopic (exact) mass is 451 g/mol. The lowest BCUT2D eigenvalue weighted by atomic mass is 10.2. The molecule has 11 heteroatoms. The topological polar surface area (TPSA) is 88.9 Å². The summed E-state index contributed by atoms with van der Waals surface area (Å²) in [5.41, 5.74) is 0.708. The molecule has 0 radical (unpaired) electrons. The van der Waals surface area contributed by atoms with Gasteiger partial charge in [-0.15, -0.1) is 10.2 Å². The molecular weight excluding hydrogens is 436 g/mol. The Kier molecular flexibility index (Phi) is 7.01. The van der Waals surface area contributed by atoms with Gasteiger partial charge in [0, 0.05) is 18.3 Å². The number of nitrogens with one attached hydrogen (secondary N) is 2. The van der Waals surface area contributed by atoms with Gasteiger partial charge in [0.05, 0.1) is 17.3 Å². The largest absolute Gasteiger partial charge is 0.345 e. The summed E-state index contributed by atoms with van der Waals surface area (Å²) in [5.74, 6) is -1.15. The standard InChI is InChI=1S/C19H16ClF2N5O2S/c1-27-16(9-23-18(29)11-2-4-12(21)5-3-11)25-26-19(27)30-10-17(28)24-13-6-7-15(22)14(20)8-13/h2-8H,9-10H2,1H3,(H,23,29)(H,24,28). The lowest BCUT2D eigenvalue weighted by molar-refractivity contribution is -0.113. The van der Waals surface area contributed by atoms with Crippen LogP contribution in [0.2, 0.25) is 5.02 Å². The van der Waals surface area contributed by atoms with Gasteiger partial charge in [-0.3, -0.25) is 9.59 Å². The Balaban J connectivity index is 1.52. The summed E-state index contributed by atoms with van der Waals surface area (Å²) in [6, 6.07) is 9.08. The van der Waals surface area contributed by atoms with E-state index in [1.165, 1.54) is 42.5 Å². The zero-order chi connectivity index (χ0) is 21.7. The molecule has 3 aromatic rings. The van der Waals surface area contributed by atoms with Crippen LogP contribution < -0.4 is 10.6 Å². The van der Waals surface area contributed by atoms with Crippen molar-refractivity contribution in [2.75, 3.05) is 11.1 Å². The number of anilines is 1. The summed E-state index contributed by atoms with van der Waals surface area (Å²) in [5, 5.41) is 13.7. The van der Waals surface area contributed by atoms with Crippen LogP contribution >= 0.6 is 23.4 Å². The van der Waals surface area contributed by atoms with Crippen molar-refractivity contribution in [1.82, 2.24) is 20.1 Å². The van der Waals surface area contributed by atoms with Gasteiger partial charge in [0.15, 0.2) is 11.0 Å². The molecule has 0 fully saturated rings. The first-order chi connectivity index (χ1) is 14.3. The second kappa shape index (κ2) is 9.68. The fraction of sp³-hybridized carbons (Fsp3) is 0.158. The van der Waals surface area contributed by atoms with Crippen molar-refractivity contribution in [3.63, 3.8) is 0 Å². The molecule has 0 aliphatic rings. The third-order valence-corrected chi connectivity index (χ3v) is 5.28. The molecule has 0 aliphatic carbocycles. The predicted octanol–water partition coefficient (Wildman–Crippen LogP) is 3.41. The number of carbonyl (C=O) groups excluding carboxylic acids is 2. The van der Waals surface area contributed by atoms with Gasteiger partial charge in [-0.25, -0.2) is 8.78 Å². The summed E-state index contributed by atoms with van der Waals surface area (Å²) in [6.07, 6.45) is 0. The Morgan fingerprint density at radius 2 is 1.87 bits per heavy atom. The number of amides is 2. The third-order valence-electron chi connectivity index (χ3n) is 3.97. The van der Waals surface area contributed by atoms with Gasteiger partial charge in [-0.1, -0.05) is 23.4 Å². The first kappa shape index (κ1) is 21.7. The van der Waals surface area contributed by atoms with E-state index in [-0.39, 0.29) is 29.1 Å². The molecule has 0 aliphatic heterocycles. The van der Waals surface area contributed by atoms with Crippen LogP contribution in [0, 0.1) is 11.6 Å². The second-order valence-electron chi connectivity index (χ2n) is 6.11. The fourth-order valence-electron chi connectivity index (χ4n) is 2.39. The Morgan fingerprint density at radius 1 is 1.13 bits per heavy atom. The Labute approximate surface area is 179 Å². The highest BCUT2D eigenvalue weighted by atomic mass is 35.5. The van der Waals surface area contributed by atoms with E-state index in [1.54, 1.807) is 11.6 Å². The van der Waals surface area contributed by atoms with Gasteiger partial charge in [-0.2, -0.15) is 0 Å². The highest BCUT2D eigenvalue weighted by Gasteiger charge is 2.13. The second-order valence-corrected chi connectivity index (χ2v) is 7.46. The Morgan fingerprint density at radius 3 is 2.57 bits per heavy atom. The van der Waals surface area contributed by atoms with Crippen LogP contribution in [-0.4, -0.2) is 32.3 Å². The first-order valence-corrected chi connectivity index (χ1v) is 9.99. The number of hydrogen-bond acceptors (Lipinski definition) is 5. The van der Waals surface area contributed by atoms with Gasteiger partial charge in [0.1, 0.15) is 11.6 Å². The van der Waals surface area contributed by atoms with Gasteiger partial charge in [0.25, 0.3) is 5.91 Å². The molecule has 0 saturated carbocycles. The van der Waals surface area contributed by atoms with Gasteiger partial charge in [-0.05, 0) is 42.5 Å². The van der Waals surface area contributed by atoms with E-state index >= 15 is 0 Å². The molecular formula is C19H16ClF2N5O2S. The van der Waals surface area contributed by atoms with Crippen LogP contribution in [0.25, 0.3) is 0 Å². The number of halogens is 3. The van der Waals surface area contributed by atoms with Gasteiger partial charge in [0.2, 0.25) is 5.91 Å². The minimum atomic E-state index is -0.567. The average molecular weight is 452 g/mol. The van der Waals surface area contributed by atoms with Crippen LogP contribution in [0.4, 0.5) is 14.5 Å². The average Bonchev–Trinajstić information content (AvgIpc) is 3.07. The maximum absolute atomic E-state index is 13.2. The van der Waals surface area contributed by atoms with E-state index in [0.29, 0.717) is 22.2 Å². The van der Waals surface area contributed by atoms with Crippen molar-refractivity contribution in [3.05, 3.63) is 70.5 Å². The molecule has 156 valence electrons. The molecule has 0 spiro atoms. The zero-order valence-electron chi connectivity index (χ0n) is 15.7. The summed E-state index contributed by atoms with van der Waals surface area (Å²) < 4.78 is 27.8. The predicted molar refractivity (Wildman–Crippen MR) is 109 cm³/mol. The lowest BCUT2D eigenvalue weighted by Crippen LogP contribution is -2.24. The molecule has 0 bridgehead atoms. The molecule has 2 amide bonds. The minimum Gasteiger partial charge on any atom is -0.345 e. The smallest absolute Gasteiger partial charge is 0.251 e. The van der Waals surface area contributed by atoms with Crippen molar-refractivity contribution >= 4 is 40.9 Å². The number of thioether (sulfide) groups is 1. The van der Waals surface area contributed by atoms with Crippen LogP contribution in [-0.2, 0) is 18.4 Å². The highest BCUT2D eigenvalue weighted by Crippen LogP contribution is 2.20. The molecule has 1 heterocycles. The van der Waals surface area contributed by atoms with E-state index in [1.807, 2.05) is 0 Å². The van der Waals surface area contributed by atoms with Gasteiger partial charge < -0.3 is 15.2 Å². The van der Waals surface area contributed by atoms with E-state index in [4.69, 9.17) is 11.6 Å². The van der Waals surface area contributed by atoms with Crippen molar-refractivity contribution in [2.45, 2.75) is 11.7 Å². The van der Waals surface area contributed by atoms with Crippen molar-refractivity contribution in [2.24, 2.45) is 7.05 Å². The zero-order valence-corrected chi connectivity index (χ0v) is 17.2. The molecule has 0 unspecified atom stereocenters. The number of benzene rings is 2. The van der Waals surface area contributed by atoms with E-state index in [0.717, 1.165) is 11.8 Å². The molecule has 1 aromatic heterocycles. The number of hydrogen-bond donors (Lipinski definition) is 2. The molecule has 2 aromatic carbocycles. The van der Waals surface area contributed by atoms with Crippen molar-refractivity contribution < 1.29 is 18.4 Å². The first-order valence-electron chi connectivity index (χ1n) is 8.63. The number of aromatic nitrogens is 3. The highest BCUT2D eigenvalue weighted by molar-refractivity contribution is 7.99. The minimum absolute atomic E-state index is 0.0446. The Hall–Kier alpha value is -2.98. The lowest BCUT2D eigenvalue weighted by Gasteiger charge is -2.07. The summed E-state index contributed by atoms with van der Waals surface area (Å²) in [4.78, 5) is 24.2. The van der Waals surface area contributed by atoms with Crippen LogP contribution in [0.3, 0.4) is 0 Å². The quantitative estimate of drug-likeness (QED) is 0.537. The van der Waals surface area contributed by atoms with E-state index < -0.39 is 11.6 Å². The van der Waals surface area contributed by atoms with Gasteiger partial charge >= 0.3 is 0 Å². The summed E-state index contributed by atoms with van der Waals surface area (Å²) in [6.45, 7) is 0.112. The maximum atomic E-state index is 13.2. The number of rotatable bonds is 7.